The highest BCUT2D eigenvalue weighted by molar-refractivity contribution is 8.22. The number of rotatable bonds is 3. The quantitative estimate of drug-likeness (QED) is 0.589. The van der Waals surface area contributed by atoms with Gasteiger partial charge in [-0.25, -0.2) is 0 Å². The van der Waals surface area contributed by atoms with E-state index in [0.29, 0.717) is 10.3 Å². The largest absolute Gasteiger partial charge is 0.483 e. The molecule has 0 aliphatic heterocycles. The number of thioether (sulfide) groups is 1. The Morgan fingerprint density at radius 3 is 2.46 bits per heavy atom. The van der Waals surface area contributed by atoms with Crippen molar-refractivity contribution in [2.75, 3.05) is 12.4 Å². The molecule has 0 unspecified atom stereocenters. The molecule has 5 heteroatoms. The summed E-state index contributed by atoms with van der Waals surface area (Å²) in [6, 6.07) is 0. The summed E-state index contributed by atoms with van der Waals surface area (Å²) in [6.45, 7) is 6.78. The van der Waals surface area contributed by atoms with Gasteiger partial charge < -0.3 is 9.84 Å². The van der Waals surface area contributed by atoms with E-state index in [1.54, 1.807) is 11.8 Å². The summed E-state index contributed by atoms with van der Waals surface area (Å²) >= 11 is 6.49. The van der Waals surface area contributed by atoms with Crippen LogP contribution in [0, 0.1) is 5.92 Å². The molecule has 0 saturated heterocycles. The number of thiocarbonyl (C=S) groups is 1. The Kier molecular flexibility index (Phi) is 13.7. The molecule has 0 amide bonds. The monoisotopic (exact) mass is 224 g/mol. The van der Waals surface area contributed by atoms with Crippen LogP contribution in [0.5, 0.6) is 0 Å². The zero-order valence-electron chi connectivity index (χ0n) is 8.15. The molecular formula is C8H16O3S2. The van der Waals surface area contributed by atoms with Gasteiger partial charge >= 0.3 is 0 Å². The molecule has 13 heavy (non-hydrogen) atoms. The molecule has 3 nitrogen and oxygen atoms in total. The number of carboxylic acid groups (broad SMARTS) is 1. The van der Waals surface area contributed by atoms with Crippen LogP contribution in [0.3, 0.4) is 0 Å². The Morgan fingerprint density at radius 1 is 1.69 bits per heavy atom. The molecule has 1 N–H and O–H groups in total. The first kappa shape index (κ1) is 15.2. The zero-order valence-corrected chi connectivity index (χ0v) is 9.78. The first-order chi connectivity index (χ1) is 6.08. The number of hydrogen-bond donors (Lipinski definition) is 1. The molecule has 0 heterocycles. The van der Waals surface area contributed by atoms with E-state index in [9.17, 15) is 0 Å². The van der Waals surface area contributed by atoms with Gasteiger partial charge in [-0.2, -0.15) is 0 Å². The van der Waals surface area contributed by atoms with Gasteiger partial charge in [0.1, 0.15) is 0 Å². The van der Waals surface area contributed by atoms with Gasteiger partial charge in [0.25, 0.3) is 6.47 Å². The first-order valence-electron chi connectivity index (χ1n) is 3.95. The van der Waals surface area contributed by atoms with E-state index < -0.39 is 0 Å². The number of ether oxygens (including phenoxy) is 1. The van der Waals surface area contributed by atoms with Crippen LogP contribution in [0.2, 0.25) is 0 Å². The lowest BCUT2D eigenvalue weighted by Crippen LogP contribution is -2.04. The Bertz CT molecular complexity index is 137. The fourth-order valence-electron chi connectivity index (χ4n) is 0.394. The average Bonchev–Trinajstić information content (AvgIpc) is 2.03. The van der Waals surface area contributed by atoms with Crippen molar-refractivity contribution in [1.29, 1.82) is 0 Å². The molecule has 0 fully saturated rings. The molecule has 78 valence electrons. The Morgan fingerprint density at radius 2 is 2.15 bits per heavy atom. The van der Waals surface area contributed by atoms with Crippen LogP contribution in [0.15, 0.2) is 0 Å². The molecule has 0 spiro atoms. The molecule has 0 radical (unpaired) electrons. The molecule has 0 rings (SSSR count). The molecule has 0 atom stereocenters. The van der Waals surface area contributed by atoms with E-state index in [1.807, 2.05) is 0 Å². The van der Waals surface area contributed by atoms with Gasteiger partial charge in [0.05, 0.1) is 6.61 Å². The standard InChI is InChI=1S/C7H14OS2.CH2O2/c1-4-10-7(9)8-5-6(2)3;2-1-3/h6H,4-5H2,1-3H3;1H,(H,2,3). The predicted molar refractivity (Wildman–Crippen MR) is 60.2 cm³/mol. The van der Waals surface area contributed by atoms with Crippen LogP contribution in [0.25, 0.3) is 0 Å². The second kappa shape index (κ2) is 11.7. The van der Waals surface area contributed by atoms with E-state index in [4.69, 9.17) is 26.9 Å². The van der Waals surface area contributed by atoms with E-state index >= 15 is 0 Å². The van der Waals surface area contributed by atoms with Gasteiger partial charge in [-0.1, -0.05) is 32.5 Å². The van der Waals surface area contributed by atoms with Crippen LogP contribution >= 0.6 is 24.0 Å². The predicted octanol–water partition coefficient (Wildman–Crippen LogP) is 2.40. The number of carbonyl (C=O) groups is 1. The minimum atomic E-state index is -0.250. The fourth-order valence-corrected chi connectivity index (χ4v) is 1.20. The summed E-state index contributed by atoms with van der Waals surface area (Å²) in [5, 5.41) is 6.89. The average molecular weight is 224 g/mol. The lowest BCUT2D eigenvalue weighted by molar-refractivity contribution is -0.122. The summed E-state index contributed by atoms with van der Waals surface area (Å²) in [5.74, 6) is 1.56. The molecule has 0 saturated carbocycles. The summed E-state index contributed by atoms with van der Waals surface area (Å²) in [7, 11) is 0. The molecule has 0 aromatic rings. The maximum atomic E-state index is 8.36. The maximum Gasteiger partial charge on any atom is 0.290 e. The van der Waals surface area contributed by atoms with Gasteiger partial charge in [-0.15, -0.1) is 0 Å². The van der Waals surface area contributed by atoms with Crippen molar-refractivity contribution in [3.05, 3.63) is 0 Å². The second-order valence-corrected chi connectivity index (χ2v) is 4.36. The maximum absolute atomic E-state index is 8.36. The molecule has 0 aromatic carbocycles. The summed E-state index contributed by atoms with van der Waals surface area (Å²) in [6.07, 6.45) is 0. The Balaban J connectivity index is 0. The lowest BCUT2D eigenvalue weighted by Gasteiger charge is -2.07. The molecular weight excluding hydrogens is 208 g/mol. The smallest absolute Gasteiger partial charge is 0.290 e. The van der Waals surface area contributed by atoms with Gasteiger partial charge in [-0.3, -0.25) is 4.79 Å². The van der Waals surface area contributed by atoms with Crippen LogP contribution in [-0.4, -0.2) is 28.3 Å². The highest BCUT2D eigenvalue weighted by Crippen LogP contribution is 2.06. The second-order valence-electron chi connectivity index (χ2n) is 2.49. The minimum absolute atomic E-state index is 0.250. The minimum Gasteiger partial charge on any atom is -0.483 e. The fraction of sp³-hybridized carbons (Fsp3) is 0.750. The molecule has 0 aromatic heterocycles. The van der Waals surface area contributed by atoms with Crippen LogP contribution in [0.4, 0.5) is 0 Å². The summed E-state index contributed by atoms with van der Waals surface area (Å²) < 4.78 is 5.92. The Labute approximate surface area is 88.9 Å². The number of hydrogen-bond acceptors (Lipinski definition) is 4. The van der Waals surface area contributed by atoms with Crippen molar-refractivity contribution >= 4 is 34.8 Å². The van der Waals surface area contributed by atoms with E-state index in [0.717, 1.165) is 12.4 Å². The van der Waals surface area contributed by atoms with Gasteiger partial charge in [-0.05, 0) is 23.9 Å². The molecule has 0 bridgehead atoms. The van der Waals surface area contributed by atoms with Crippen molar-refractivity contribution in [2.24, 2.45) is 5.92 Å². The van der Waals surface area contributed by atoms with E-state index in [-0.39, 0.29) is 6.47 Å². The molecule has 0 aliphatic rings. The van der Waals surface area contributed by atoms with Gasteiger partial charge in [0.15, 0.2) is 0 Å². The van der Waals surface area contributed by atoms with Crippen molar-refractivity contribution in [3.8, 4) is 0 Å². The van der Waals surface area contributed by atoms with E-state index in [2.05, 4.69) is 20.8 Å². The zero-order chi connectivity index (χ0) is 10.7. The lowest BCUT2D eigenvalue weighted by atomic mass is 10.2. The van der Waals surface area contributed by atoms with Crippen LogP contribution < -0.4 is 0 Å². The highest BCUT2D eigenvalue weighted by atomic mass is 32.2. The van der Waals surface area contributed by atoms with Gasteiger partial charge in [0, 0.05) is 0 Å². The van der Waals surface area contributed by atoms with Crippen molar-refractivity contribution < 1.29 is 14.6 Å². The van der Waals surface area contributed by atoms with Crippen LogP contribution in [-0.2, 0) is 9.53 Å². The van der Waals surface area contributed by atoms with Crippen LogP contribution in [0.1, 0.15) is 20.8 Å². The first-order valence-corrected chi connectivity index (χ1v) is 5.35. The normalized spacial score (nSPS) is 8.62. The summed E-state index contributed by atoms with van der Waals surface area (Å²) in [4.78, 5) is 8.36. The SMILES string of the molecule is CCSC(=S)OCC(C)C.O=CO. The summed E-state index contributed by atoms with van der Waals surface area (Å²) in [5.41, 5.74) is 0. The van der Waals surface area contributed by atoms with Crippen molar-refractivity contribution in [2.45, 2.75) is 20.8 Å². The third-order valence-electron chi connectivity index (χ3n) is 0.797. The van der Waals surface area contributed by atoms with Crippen molar-refractivity contribution in [3.63, 3.8) is 0 Å². The van der Waals surface area contributed by atoms with Crippen molar-refractivity contribution in [1.82, 2.24) is 0 Å². The Hall–Kier alpha value is -0.290. The third-order valence-corrected chi connectivity index (χ3v) is 1.91. The van der Waals surface area contributed by atoms with Gasteiger partial charge in [0.2, 0.25) is 4.38 Å². The third kappa shape index (κ3) is 18.6. The topological polar surface area (TPSA) is 46.5 Å². The van der Waals surface area contributed by atoms with E-state index in [1.165, 1.54) is 0 Å². The molecule has 0 aliphatic carbocycles. The highest BCUT2D eigenvalue weighted by Gasteiger charge is 1.97.